The highest BCUT2D eigenvalue weighted by Gasteiger charge is 2.45. The van der Waals surface area contributed by atoms with Crippen molar-refractivity contribution in [2.24, 2.45) is 0 Å². The van der Waals surface area contributed by atoms with Crippen LogP contribution in [0.25, 0.3) is 10.9 Å². The minimum Gasteiger partial charge on any atom is -0.361 e. The summed E-state index contributed by atoms with van der Waals surface area (Å²) >= 11 is 0. The fraction of sp³-hybridized carbons (Fsp3) is 0.375. The lowest BCUT2D eigenvalue weighted by molar-refractivity contribution is -0.128. The second-order valence-corrected chi connectivity index (χ2v) is 8.56. The van der Waals surface area contributed by atoms with Crippen LogP contribution in [0.2, 0.25) is 0 Å². The third kappa shape index (κ3) is 2.47. The second-order valence-electron chi connectivity index (χ2n) is 6.33. The molecule has 24 heavy (non-hydrogen) atoms. The van der Waals surface area contributed by atoms with Crippen molar-refractivity contribution in [3.05, 3.63) is 36.0 Å². The molecule has 3 amide bonds. The molecule has 0 radical (unpaired) electrons. The highest BCUT2D eigenvalue weighted by molar-refractivity contribution is 7.91. The summed E-state index contributed by atoms with van der Waals surface area (Å²) in [6, 6.07) is 6.06. The van der Waals surface area contributed by atoms with Gasteiger partial charge in [0.25, 0.3) is 5.91 Å². The van der Waals surface area contributed by atoms with Gasteiger partial charge in [-0.15, -0.1) is 0 Å². The Morgan fingerprint density at radius 1 is 1.21 bits per heavy atom. The molecule has 0 aliphatic carbocycles. The summed E-state index contributed by atoms with van der Waals surface area (Å²) in [5.74, 6) is -0.444. The Morgan fingerprint density at radius 2 is 2.00 bits per heavy atom. The van der Waals surface area contributed by atoms with Crippen molar-refractivity contribution < 1.29 is 18.0 Å². The normalized spacial score (nSPS) is 26.2. The monoisotopic (exact) mass is 347 g/mol. The molecule has 2 aliphatic heterocycles. The van der Waals surface area contributed by atoms with E-state index in [4.69, 9.17) is 0 Å². The van der Waals surface area contributed by atoms with Crippen LogP contribution in [-0.4, -0.2) is 53.8 Å². The van der Waals surface area contributed by atoms with E-state index in [-0.39, 0.29) is 17.4 Å². The number of amides is 3. The van der Waals surface area contributed by atoms with Gasteiger partial charge in [-0.1, -0.05) is 18.2 Å². The molecule has 8 heteroatoms. The van der Waals surface area contributed by atoms with Crippen molar-refractivity contribution in [1.29, 1.82) is 0 Å². The summed E-state index contributed by atoms with van der Waals surface area (Å²) in [6.07, 6.45) is 2.54. The second kappa shape index (κ2) is 5.34. The summed E-state index contributed by atoms with van der Waals surface area (Å²) in [5, 5.41) is 3.70. The number of sulfone groups is 1. The van der Waals surface area contributed by atoms with Gasteiger partial charge in [0, 0.05) is 23.5 Å². The number of para-hydroxylation sites is 1. The van der Waals surface area contributed by atoms with E-state index in [0.29, 0.717) is 12.8 Å². The number of fused-ring (bicyclic) bond motifs is 1. The molecule has 4 rings (SSSR count). The number of hydrogen-bond acceptors (Lipinski definition) is 4. The van der Waals surface area contributed by atoms with Crippen molar-refractivity contribution in [2.45, 2.75) is 24.9 Å². The van der Waals surface area contributed by atoms with Gasteiger partial charge in [-0.3, -0.25) is 9.69 Å². The molecule has 1 aromatic heterocycles. The van der Waals surface area contributed by atoms with E-state index in [2.05, 4.69) is 10.3 Å². The molecule has 2 aliphatic rings. The highest BCUT2D eigenvalue weighted by atomic mass is 32.2. The number of nitrogens with one attached hydrogen (secondary N) is 2. The van der Waals surface area contributed by atoms with Gasteiger partial charge in [-0.2, -0.15) is 0 Å². The van der Waals surface area contributed by atoms with Crippen LogP contribution in [0.1, 0.15) is 12.0 Å². The van der Waals surface area contributed by atoms with Gasteiger partial charge < -0.3 is 10.3 Å². The fourth-order valence-corrected chi connectivity index (χ4v) is 5.23. The zero-order valence-corrected chi connectivity index (χ0v) is 13.7. The number of nitrogens with zero attached hydrogens (tertiary/aromatic N) is 1. The lowest BCUT2D eigenvalue weighted by atomic mass is 10.0. The van der Waals surface area contributed by atoms with Crippen LogP contribution in [0.5, 0.6) is 0 Å². The number of urea groups is 1. The van der Waals surface area contributed by atoms with Crippen molar-refractivity contribution in [1.82, 2.24) is 15.2 Å². The van der Waals surface area contributed by atoms with E-state index < -0.39 is 28.0 Å². The van der Waals surface area contributed by atoms with E-state index in [1.165, 1.54) is 0 Å². The Balaban J connectivity index is 1.55. The van der Waals surface area contributed by atoms with Gasteiger partial charge >= 0.3 is 6.03 Å². The van der Waals surface area contributed by atoms with E-state index in [1.54, 1.807) is 0 Å². The average molecular weight is 347 g/mol. The van der Waals surface area contributed by atoms with Gasteiger partial charge in [-0.05, 0) is 18.1 Å². The molecule has 2 saturated heterocycles. The van der Waals surface area contributed by atoms with Gasteiger partial charge in [0.1, 0.15) is 6.04 Å². The zero-order valence-electron chi connectivity index (χ0n) is 12.9. The van der Waals surface area contributed by atoms with Crippen molar-refractivity contribution >= 4 is 32.7 Å². The van der Waals surface area contributed by atoms with E-state index >= 15 is 0 Å². The molecular weight excluding hydrogens is 330 g/mol. The zero-order chi connectivity index (χ0) is 16.9. The summed E-state index contributed by atoms with van der Waals surface area (Å²) in [7, 11) is -3.15. The summed E-state index contributed by atoms with van der Waals surface area (Å²) in [6.45, 7) is 0. The van der Waals surface area contributed by atoms with Crippen LogP contribution >= 0.6 is 0 Å². The number of rotatable bonds is 3. The van der Waals surface area contributed by atoms with Crippen LogP contribution in [-0.2, 0) is 21.1 Å². The molecular formula is C16H17N3O4S. The predicted octanol–water partition coefficient (Wildman–Crippen LogP) is 0.818. The number of H-pyrrole nitrogens is 1. The first-order valence-corrected chi connectivity index (χ1v) is 9.66. The first-order valence-electron chi connectivity index (χ1n) is 7.83. The molecule has 0 saturated carbocycles. The van der Waals surface area contributed by atoms with Crippen molar-refractivity contribution in [3.8, 4) is 0 Å². The summed E-state index contributed by atoms with van der Waals surface area (Å²) < 4.78 is 23.2. The Hall–Kier alpha value is -2.35. The van der Waals surface area contributed by atoms with E-state index in [1.807, 2.05) is 30.5 Å². The molecule has 2 fully saturated rings. The van der Waals surface area contributed by atoms with Gasteiger partial charge in [0.05, 0.1) is 17.5 Å². The standard InChI is InChI=1S/C16H17N3O4S/c20-15-14(7-10-8-17-13-4-2-1-3-12(10)13)18-16(21)19(15)11-5-6-24(22,23)9-11/h1-4,8,11,14,17H,5-7,9H2,(H,18,21)/t11-,14-/m0/s1. The third-order valence-electron chi connectivity index (χ3n) is 4.72. The summed E-state index contributed by atoms with van der Waals surface area (Å²) in [5.41, 5.74) is 1.92. The molecule has 126 valence electrons. The number of aromatic nitrogens is 1. The largest absolute Gasteiger partial charge is 0.361 e. The maximum Gasteiger partial charge on any atom is 0.325 e. The number of benzene rings is 1. The number of aromatic amines is 1. The topological polar surface area (TPSA) is 99.3 Å². The van der Waals surface area contributed by atoms with Crippen molar-refractivity contribution in [3.63, 3.8) is 0 Å². The molecule has 3 heterocycles. The Labute approximate surface area is 138 Å². The lowest BCUT2D eigenvalue weighted by Crippen LogP contribution is -2.41. The van der Waals surface area contributed by atoms with Crippen LogP contribution in [0.3, 0.4) is 0 Å². The summed E-state index contributed by atoms with van der Waals surface area (Å²) in [4.78, 5) is 29.0. The Kier molecular flexibility index (Phi) is 3.38. The SMILES string of the molecule is O=C1N[C@@H](Cc2c[nH]c3ccccc23)C(=O)N1[C@H]1CCS(=O)(=O)C1. The Bertz CT molecular complexity index is 934. The molecule has 2 aromatic rings. The molecule has 2 N–H and O–H groups in total. The first-order chi connectivity index (χ1) is 11.4. The smallest absolute Gasteiger partial charge is 0.325 e. The molecule has 0 bridgehead atoms. The quantitative estimate of drug-likeness (QED) is 0.803. The van der Waals surface area contributed by atoms with Gasteiger partial charge in [0.15, 0.2) is 9.84 Å². The minimum absolute atomic E-state index is 0.0296. The number of carbonyl (C=O) groups is 2. The maximum absolute atomic E-state index is 12.6. The molecule has 0 unspecified atom stereocenters. The number of carbonyl (C=O) groups excluding carboxylic acids is 2. The number of imide groups is 1. The fourth-order valence-electron chi connectivity index (χ4n) is 3.53. The first kappa shape index (κ1) is 15.2. The lowest BCUT2D eigenvalue weighted by Gasteiger charge is -2.19. The van der Waals surface area contributed by atoms with Crippen LogP contribution in [0, 0.1) is 0 Å². The highest BCUT2D eigenvalue weighted by Crippen LogP contribution is 2.25. The van der Waals surface area contributed by atoms with Crippen LogP contribution in [0.15, 0.2) is 30.5 Å². The van der Waals surface area contributed by atoms with Crippen LogP contribution in [0.4, 0.5) is 4.79 Å². The van der Waals surface area contributed by atoms with Crippen molar-refractivity contribution in [2.75, 3.05) is 11.5 Å². The molecule has 1 aromatic carbocycles. The Morgan fingerprint density at radius 3 is 2.75 bits per heavy atom. The van der Waals surface area contributed by atoms with E-state index in [0.717, 1.165) is 21.4 Å². The number of hydrogen-bond donors (Lipinski definition) is 2. The van der Waals surface area contributed by atoms with Gasteiger partial charge in [-0.25, -0.2) is 13.2 Å². The van der Waals surface area contributed by atoms with Gasteiger partial charge in [0.2, 0.25) is 0 Å². The van der Waals surface area contributed by atoms with Crippen LogP contribution < -0.4 is 5.32 Å². The van der Waals surface area contributed by atoms with E-state index in [9.17, 15) is 18.0 Å². The predicted molar refractivity (Wildman–Crippen MR) is 88.2 cm³/mol. The average Bonchev–Trinajstić information content (AvgIpc) is 3.18. The third-order valence-corrected chi connectivity index (χ3v) is 6.47. The molecule has 0 spiro atoms. The molecule has 7 nitrogen and oxygen atoms in total. The minimum atomic E-state index is -3.15. The molecule has 2 atom stereocenters. The maximum atomic E-state index is 12.6.